The highest BCUT2D eigenvalue weighted by molar-refractivity contribution is 9.10. The molecule has 1 aromatic rings. The van der Waals surface area contributed by atoms with Crippen LogP contribution in [0.5, 0.6) is 0 Å². The molecule has 1 saturated heterocycles. The fourth-order valence-electron chi connectivity index (χ4n) is 3.43. The molecule has 1 aromatic carbocycles. The molecule has 1 aliphatic carbocycles. The number of halogens is 1. The van der Waals surface area contributed by atoms with Gasteiger partial charge in [0.15, 0.2) is 0 Å². The second kappa shape index (κ2) is 6.41. The molecule has 1 N–H and O–H groups in total. The van der Waals surface area contributed by atoms with E-state index < -0.39 is 0 Å². The van der Waals surface area contributed by atoms with Crippen molar-refractivity contribution in [1.82, 2.24) is 4.90 Å². The zero-order chi connectivity index (χ0) is 15.7. The Morgan fingerprint density at radius 2 is 2.05 bits per heavy atom. The van der Waals surface area contributed by atoms with Crippen LogP contribution in [0.3, 0.4) is 0 Å². The van der Waals surface area contributed by atoms with E-state index in [4.69, 9.17) is 0 Å². The van der Waals surface area contributed by atoms with Gasteiger partial charge in [0.1, 0.15) is 0 Å². The molecule has 2 fully saturated rings. The Morgan fingerprint density at radius 3 is 2.73 bits per heavy atom. The standard InChI is InChI=1S/C17H21BrN2O2/c1-11-6-7-15(14(18)8-11)19-17(22)12-9-16(21)20(10-12)13-4-2-3-5-13/h6-8,12-13H,2-5,9-10H2,1H3,(H,19,22). The molecule has 0 radical (unpaired) electrons. The van der Waals surface area contributed by atoms with E-state index >= 15 is 0 Å². The number of nitrogens with zero attached hydrogens (tertiary/aromatic N) is 1. The molecular formula is C17H21BrN2O2. The van der Waals surface area contributed by atoms with Gasteiger partial charge in [-0.1, -0.05) is 18.9 Å². The van der Waals surface area contributed by atoms with Crippen LogP contribution >= 0.6 is 15.9 Å². The first-order valence-corrected chi connectivity index (χ1v) is 8.70. The molecule has 5 heteroatoms. The first-order chi connectivity index (χ1) is 10.5. The number of benzene rings is 1. The van der Waals surface area contributed by atoms with Crippen molar-refractivity contribution in [2.24, 2.45) is 5.92 Å². The first-order valence-electron chi connectivity index (χ1n) is 7.91. The van der Waals surface area contributed by atoms with Gasteiger partial charge in [0.25, 0.3) is 0 Å². The lowest BCUT2D eigenvalue weighted by molar-refractivity contribution is -0.129. The van der Waals surface area contributed by atoms with Crippen molar-refractivity contribution in [2.45, 2.75) is 45.1 Å². The SMILES string of the molecule is Cc1ccc(NC(=O)C2CC(=O)N(C3CCCC3)C2)c(Br)c1. The number of hydrogen-bond acceptors (Lipinski definition) is 2. The van der Waals surface area contributed by atoms with E-state index in [1.807, 2.05) is 30.0 Å². The third-order valence-corrected chi connectivity index (χ3v) is 5.33. The molecule has 0 aromatic heterocycles. The predicted molar refractivity (Wildman–Crippen MR) is 89.6 cm³/mol. The zero-order valence-electron chi connectivity index (χ0n) is 12.8. The molecule has 1 saturated carbocycles. The minimum absolute atomic E-state index is 0.0570. The van der Waals surface area contributed by atoms with E-state index in [0.29, 0.717) is 19.0 Å². The third-order valence-electron chi connectivity index (χ3n) is 4.68. The molecule has 2 amide bonds. The maximum Gasteiger partial charge on any atom is 0.229 e. The maximum absolute atomic E-state index is 12.4. The second-order valence-corrected chi connectivity index (χ2v) is 7.21. The average molecular weight is 365 g/mol. The van der Waals surface area contributed by atoms with E-state index in [9.17, 15) is 9.59 Å². The minimum Gasteiger partial charge on any atom is -0.339 e. The quantitative estimate of drug-likeness (QED) is 0.892. The second-order valence-electron chi connectivity index (χ2n) is 6.36. The van der Waals surface area contributed by atoms with Crippen LogP contribution in [0.1, 0.15) is 37.7 Å². The van der Waals surface area contributed by atoms with Crippen molar-refractivity contribution in [3.63, 3.8) is 0 Å². The molecule has 3 rings (SSSR count). The van der Waals surface area contributed by atoms with Crippen LogP contribution in [0.15, 0.2) is 22.7 Å². The summed E-state index contributed by atoms with van der Waals surface area (Å²) in [4.78, 5) is 26.6. The molecule has 1 heterocycles. The van der Waals surface area contributed by atoms with Gasteiger partial charge in [0.05, 0.1) is 11.6 Å². The number of amides is 2. The van der Waals surface area contributed by atoms with Gasteiger partial charge in [-0.3, -0.25) is 9.59 Å². The summed E-state index contributed by atoms with van der Waals surface area (Å²) < 4.78 is 0.873. The number of carbonyl (C=O) groups is 2. The van der Waals surface area contributed by atoms with Gasteiger partial charge in [0, 0.05) is 23.5 Å². The monoisotopic (exact) mass is 364 g/mol. The van der Waals surface area contributed by atoms with Crippen molar-refractivity contribution in [2.75, 3.05) is 11.9 Å². The van der Waals surface area contributed by atoms with Crippen LogP contribution in [0, 0.1) is 12.8 Å². The molecule has 2 aliphatic rings. The molecule has 4 nitrogen and oxygen atoms in total. The summed E-state index contributed by atoms with van der Waals surface area (Å²) in [6, 6.07) is 6.19. The first kappa shape index (κ1) is 15.5. The smallest absolute Gasteiger partial charge is 0.229 e. The summed E-state index contributed by atoms with van der Waals surface area (Å²) in [5.41, 5.74) is 1.90. The van der Waals surface area contributed by atoms with Gasteiger partial charge >= 0.3 is 0 Å². The topological polar surface area (TPSA) is 49.4 Å². The van der Waals surface area contributed by atoms with E-state index in [-0.39, 0.29) is 17.7 Å². The number of carbonyl (C=O) groups excluding carboxylic acids is 2. The lowest BCUT2D eigenvalue weighted by Gasteiger charge is -2.23. The molecule has 118 valence electrons. The van der Waals surface area contributed by atoms with Crippen LogP contribution in [-0.2, 0) is 9.59 Å². The van der Waals surface area contributed by atoms with E-state index in [2.05, 4.69) is 21.2 Å². The van der Waals surface area contributed by atoms with Crippen molar-refractivity contribution in [3.05, 3.63) is 28.2 Å². The van der Waals surface area contributed by atoms with Crippen molar-refractivity contribution >= 4 is 33.4 Å². The molecule has 22 heavy (non-hydrogen) atoms. The van der Waals surface area contributed by atoms with E-state index in [1.54, 1.807) is 0 Å². The van der Waals surface area contributed by atoms with E-state index in [0.717, 1.165) is 28.6 Å². The molecule has 1 atom stereocenters. The van der Waals surface area contributed by atoms with Crippen molar-refractivity contribution in [1.29, 1.82) is 0 Å². The summed E-state index contributed by atoms with van der Waals surface area (Å²) in [5, 5.41) is 2.95. The molecule has 1 aliphatic heterocycles. The van der Waals surface area contributed by atoms with Crippen molar-refractivity contribution < 1.29 is 9.59 Å². The molecular weight excluding hydrogens is 344 g/mol. The number of nitrogens with one attached hydrogen (secondary N) is 1. The fraction of sp³-hybridized carbons (Fsp3) is 0.529. The fourth-order valence-corrected chi connectivity index (χ4v) is 4.02. The number of likely N-dealkylation sites (tertiary alicyclic amines) is 1. The highest BCUT2D eigenvalue weighted by atomic mass is 79.9. The Hall–Kier alpha value is -1.36. The van der Waals surface area contributed by atoms with Gasteiger partial charge in [-0.15, -0.1) is 0 Å². The number of rotatable bonds is 3. The minimum atomic E-state index is -0.235. The van der Waals surface area contributed by atoms with Gasteiger partial charge in [0.2, 0.25) is 11.8 Å². The Labute approximate surface area is 139 Å². The van der Waals surface area contributed by atoms with Crippen LogP contribution in [-0.4, -0.2) is 29.3 Å². The number of hydrogen-bond donors (Lipinski definition) is 1. The highest BCUT2D eigenvalue weighted by Gasteiger charge is 2.38. The Morgan fingerprint density at radius 1 is 1.32 bits per heavy atom. The molecule has 0 bridgehead atoms. The van der Waals surface area contributed by atoms with Crippen molar-refractivity contribution in [3.8, 4) is 0 Å². The summed E-state index contributed by atoms with van der Waals surface area (Å²) in [5.74, 6) is -0.158. The maximum atomic E-state index is 12.4. The van der Waals surface area contributed by atoms with Crippen LogP contribution < -0.4 is 5.32 Å². The van der Waals surface area contributed by atoms with Crippen LogP contribution in [0.2, 0.25) is 0 Å². The summed E-state index contributed by atoms with van der Waals surface area (Å²) in [7, 11) is 0. The third kappa shape index (κ3) is 3.19. The highest BCUT2D eigenvalue weighted by Crippen LogP contribution is 2.30. The average Bonchev–Trinajstić information content (AvgIpc) is 3.10. The summed E-state index contributed by atoms with van der Waals surface area (Å²) >= 11 is 3.47. The Kier molecular flexibility index (Phi) is 4.52. The largest absolute Gasteiger partial charge is 0.339 e. The van der Waals surface area contributed by atoms with Crippen LogP contribution in [0.4, 0.5) is 5.69 Å². The zero-order valence-corrected chi connectivity index (χ0v) is 14.4. The van der Waals surface area contributed by atoms with Gasteiger partial charge in [-0.25, -0.2) is 0 Å². The molecule has 1 unspecified atom stereocenters. The van der Waals surface area contributed by atoms with Gasteiger partial charge in [-0.2, -0.15) is 0 Å². The van der Waals surface area contributed by atoms with Gasteiger partial charge in [-0.05, 0) is 53.4 Å². The Bertz CT molecular complexity index is 596. The van der Waals surface area contributed by atoms with Crippen LogP contribution in [0.25, 0.3) is 0 Å². The summed E-state index contributed by atoms with van der Waals surface area (Å²) in [6.07, 6.45) is 4.90. The number of aryl methyl sites for hydroxylation is 1. The summed E-state index contributed by atoms with van der Waals surface area (Å²) in [6.45, 7) is 2.57. The number of anilines is 1. The predicted octanol–water partition coefficient (Wildman–Crippen LogP) is 3.49. The molecule has 0 spiro atoms. The lowest BCUT2D eigenvalue weighted by Crippen LogP contribution is -2.35. The van der Waals surface area contributed by atoms with Gasteiger partial charge < -0.3 is 10.2 Å². The van der Waals surface area contributed by atoms with E-state index in [1.165, 1.54) is 12.8 Å². The lowest BCUT2D eigenvalue weighted by atomic mass is 10.1. The Balaban J connectivity index is 1.64. The normalized spacial score (nSPS) is 22.4.